The van der Waals surface area contributed by atoms with E-state index in [1.54, 1.807) is 0 Å². The van der Waals surface area contributed by atoms with E-state index >= 15 is 0 Å². The van der Waals surface area contributed by atoms with E-state index in [-0.39, 0.29) is 6.04 Å². The summed E-state index contributed by atoms with van der Waals surface area (Å²) in [6, 6.07) is 0.173. The summed E-state index contributed by atoms with van der Waals surface area (Å²) < 4.78 is 22.5. The Labute approximate surface area is 80.2 Å². The van der Waals surface area contributed by atoms with Gasteiger partial charge in [-0.25, -0.2) is 8.42 Å². The molecule has 1 N–H and O–H groups in total. The molecule has 1 fully saturated rings. The maximum absolute atomic E-state index is 11.2. The van der Waals surface area contributed by atoms with Crippen LogP contribution in [0.1, 0.15) is 6.92 Å². The van der Waals surface area contributed by atoms with Crippen molar-refractivity contribution in [3.63, 3.8) is 0 Å². The fourth-order valence-electron chi connectivity index (χ4n) is 1.62. The molecule has 4 nitrogen and oxygen atoms in total. The highest BCUT2D eigenvalue weighted by Crippen LogP contribution is 2.10. The highest BCUT2D eigenvalue weighted by Gasteiger charge is 2.27. The van der Waals surface area contributed by atoms with Gasteiger partial charge in [0, 0.05) is 25.7 Å². The predicted octanol–water partition coefficient (Wildman–Crippen LogP) is -0.675. The first-order valence-electron chi connectivity index (χ1n) is 4.64. The van der Waals surface area contributed by atoms with Gasteiger partial charge in [-0.15, -0.1) is 0 Å². The van der Waals surface area contributed by atoms with Crippen molar-refractivity contribution in [2.75, 3.05) is 38.2 Å². The van der Waals surface area contributed by atoms with E-state index in [0.717, 1.165) is 13.1 Å². The lowest BCUT2D eigenvalue weighted by atomic mass is 10.3. The third-order valence-electron chi connectivity index (χ3n) is 2.46. The van der Waals surface area contributed by atoms with Crippen molar-refractivity contribution in [2.45, 2.75) is 13.0 Å². The van der Waals surface area contributed by atoms with Crippen molar-refractivity contribution >= 4 is 9.84 Å². The highest BCUT2D eigenvalue weighted by atomic mass is 32.2. The van der Waals surface area contributed by atoms with Crippen molar-refractivity contribution in [2.24, 2.45) is 0 Å². The number of rotatable bonds is 3. The first-order chi connectivity index (χ1) is 6.05. The molecule has 0 aliphatic carbocycles. The van der Waals surface area contributed by atoms with E-state index < -0.39 is 9.84 Å². The highest BCUT2D eigenvalue weighted by molar-refractivity contribution is 7.91. The molecule has 1 aliphatic heterocycles. The number of hydrogen-bond donors (Lipinski definition) is 1. The second-order valence-electron chi connectivity index (χ2n) is 3.60. The molecule has 0 spiro atoms. The first kappa shape index (κ1) is 10.9. The number of nitrogens with one attached hydrogen (secondary N) is 1. The minimum atomic E-state index is -2.75. The Morgan fingerprint density at radius 2 is 2.23 bits per heavy atom. The summed E-state index contributed by atoms with van der Waals surface area (Å²) in [5.41, 5.74) is 0. The zero-order valence-corrected chi connectivity index (χ0v) is 9.10. The fourth-order valence-corrected chi connectivity index (χ4v) is 3.25. The van der Waals surface area contributed by atoms with E-state index in [9.17, 15) is 8.42 Å². The van der Waals surface area contributed by atoms with Gasteiger partial charge in [0.1, 0.15) is 0 Å². The third kappa shape index (κ3) is 3.25. The lowest BCUT2D eigenvalue weighted by Gasteiger charge is -2.32. The van der Waals surface area contributed by atoms with E-state index in [4.69, 9.17) is 0 Å². The number of nitrogens with zero attached hydrogens (tertiary/aromatic N) is 1. The molecule has 0 radical (unpaired) electrons. The number of sulfone groups is 1. The van der Waals surface area contributed by atoms with Crippen LogP contribution >= 0.6 is 0 Å². The summed E-state index contributed by atoms with van der Waals surface area (Å²) in [4.78, 5) is 2.22. The molecule has 0 aromatic heterocycles. The van der Waals surface area contributed by atoms with E-state index in [0.29, 0.717) is 18.1 Å². The zero-order chi connectivity index (χ0) is 9.90. The van der Waals surface area contributed by atoms with Crippen molar-refractivity contribution in [1.29, 1.82) is 0 Å². The van der Waals surface area contributed by atoms with Gasteiger partial charge < -0.3 is 5.32 Å². The van der Waals surface area contributed by atoms with Gasteiger partial charge in [-0.1, -0.05) is 0 Å². The fraction of sp³-hybridized carbons (Fsp3) is 1.00. The second kappa shape index (κ2) is 4.39. The van der Waals surface area contributed by atoms with Gasteiger partial charge in [-0.2, -0.15) is 0 Å². The van der Waals surface area contributed by atoms with E-state index in [1.165, 1.54) is 0 Å². The molecule has 13 heavy (non-hydrogen) atoms. The zero-order valence-electron chi connectivity index (χ0n) is 8.28. The molecule has 0 saturated carbocycles. The SMILES string of the molecule is CNCCN1CCS(=O)(=O)CC1C. The van der Waals surface area contributed by atoms with Crippen LogP contribution in [0.2, 0.25) is 0 Å². The Bertz CT molecular complexity index is 251. The van der Waals surface area contributed by atoms with Gasteiger partial charge in [-0.3, -0.25) is 4.90 Å². The van der Waals surface area contributed by atoms with Crippen molar-refractivity contribution < 1.29 is 8.42 Å². The number of likely N-dealkylation sites (N-methyl/N-ethyl adjacent to an activating group) is 1. The molecule has 1 rings (SSSR count). The van der Waals surface area contributed by atoms with Gasteiger partial charge >= 0.3 is 0 Å². The van der Waals surface area contributed by atoms with Crippen molar-refractivity contribution in [1.82, 2.24) is 10.2 Å². The summed E-state index contributed by atoms with van der Waals surface area (Å²) in [5.74, 6) is 0.637. The Balaban J connectivity index is 2.44. The summed E-state index contributed by atoms with van der Waals surface area (Å²) >= 11 is 0. The molecular formula is C8H18N2O2S. The van der Waals surface area contributed by atoms with Gasteiger partial charge in [0.25, 0.3) is 0 Å². The summed E-state index contributed by atoms with van der Waals surface area (Å²) in [6.45, 7) is 4.52. The van der Waals surface area contributed by atoms with E-state index in [2.05, 4.69) is 10.2 Å². The summed E-state index contributed by atoms with van der Waals surface area (Å²) in [5, 5.41) is 3.07. The Morgan fingerprint density at radius 1 is 1.54 bits per heavy atom. The predicted molar refractivity (Wildman–Crippen MR) is 53.6 cm³/mol. The standard InChI is InChI=1S/C8H18N2O2S/c1-8-7-13(11,12)6-5-10(8)4-3-9-2/h8-9H,3-7H2,1-2H3. The topological polar surface area (TPSA) is 49.4 Å². The molecule has 1 unspecified atom stereocenters. The maximum Gasteiger partial charge on any atom is 0.153 e. The molecular weight excluding hydrogens is 188 g/mol. The molecule has 78 valence electrons. The minimum Gasteiger partial charge on any atom is -0.318 e. The van der Waals surface area contributed by atoms with E-state index in [1.807, 2.05) is 14.0 Å². The molecule has 0 aromatic rings. The van der Waals surface area contributed by atoms with Crippen molar-refractivity contribution in [3.8, 4) is 0 Å². The molecule has 5 heteroatoms. The summed E-state index contributed by atoms with van der Waals surface area (Å²) in [7, 11) is -0.844. The lowest BCUT2D eigenvalue weighted by molar-refractivity contribution is 0.229. The van der Waals surface area contributed by atoms with Crippen LogP contribution in [0.5, 0.6) is 0 Å². The van der Waals surface area contributed by atoms with Crippen LogP contribution in [0.25, 0.3) is 0 Å². The average molecular weight is 206 g/mol. The maximum atomic E-state index is 11.2. The molecule has 0 bridgehead atoms. The molecule has 1 saturated heterocycles. The monoisotopic (exact) mass is 206 g/mol. The van der Waals surface area contributed by atoms with Crippen LogP contribution in [0.3, 0.4) is 0 Å². The minimum absolute atomic E-state index is 0.173. The van der Waals surface area contributed by atoms with Crippen LogP contribution in [-0.4, -0.2) is 57.5 Å². The smallest absolute Gasteiger partial charge is 0.153 e. The summed E-state index contributed by atoms with van der Waals surface area (Å²) in [6.07, 6.45) is 0. The Hall–Kier alpha value is -0.130. The lowest BCUT2D eigenvalue weighted by Crippen LogP contribution is -2.48. The molecule has 1 heterocycles. The van der Waals surface area contributed by atoms with Crippen LogP contribution < -0.4 is 5.32 Å². The van der Waals surface area contributed by atoms with Crippen molar-refractivity contribution in [3.05, 3.63) is 0 Å². The second-order valence-corrected chi connectivity index (χ2v) is 5.83. The molecule has 0 aromatic carbocycles. The van der Waals surface area contributed by atoms with Gasteiger partial charge in [0.15, 0.2) is 9.84 Å². The quantitative estimate of drug-likeness (QED) is 0.665. The van der Waals surface area contributed by atoms with Crippen LogP contribution in [0.15, 0.2) is 0 Å². The van der Waals surface area contributed by atoms with Gasteiger partial charge in [0.2, 0.25) is 0 Å². The third-order valence-corrected chi connectivity index (χ3v) is 4.25. The Morgan fingerprint density at radius 3 is 2.77 bits per heavy atom. The normalized spacial score (nSPS) is 28.9. The molecule has 1 atom stereocenters. The molecule has 0 amide bonds. The van der Waals surface area contributed by atoms with Gasteiger partial charge in [-0.05, 0) is 14.0 Å². The first-order valence-corrected chi connectivity index (χ1v) is 6.46. The largest absolute Gasteiger partial charge is 0.318 e. The van der Waals surface area contributed by atoms with Crippen LogP contribution in [0, 0.1) is 0 Å². The molecule has 1 aliphatic rings. The number of hydrogen-bond acceptors (Lipinski definition) is 4. The van der Waals surface area contributed by atoms with Crippen LogP contribution in [0.4, 0.5) is 0 Å². The Kier molecular flexibility index (Phi) is 3.70. The van der Waals surface area contributed by atoms with Crippen LogP contribution in [-0.2, 0) is 9.84 Å². The average Bonchev–Trinajstić information content (AvgIpc) is 2.02. The van der Waals surface area contributed by atoms with Gasteiger partial charge in [0.05, 0.1) is 11.5 Å².